The van der Waals surface area contributed by atoms with Gasteiger partial charge < -0.3 is 15.0 Å². The van der Waals surface area contributed by atoms with Crippen LogP contribution in [0.4, 0.5) is 5.69 Å². The third-order valence-corrected chi connectivity index (χ3v) is 6.55. The maximum atomic E-state index is 12.6. The topological polar surface area (TPSA) is 87.0 Å². The third kappa shape index (κ3) is 3.83. The van der Waals surface area contributed by atoms with Crippen LogP contribution in [-0.4, -0.2) is 24.1 Å². The number of nitrogens with one attached hydrogen (secondary N) is 3. The predicted molar refractivity (Wildman–Crippen MR) is 135 cm³/mol. The van der Waals surface area contributed by atoms with Gasteiger partial charge in [-0.1, -0.05) is 24.3 Å². The standard InChI is InChI=1S/C26H21N3O3S/c1-27-19-8-7-15-10-17(6-5-16(15)11-19)20-12-18(22-14-28-26(31)29-25(22)30)13-21(24(20)32-2)23-4-3-9-33-23/h3-14,27H,1-2H3,(H2,28,29,30,31). The molecule has 0 aliphatic rings. The SMILES string of the molecule is CNc1ccc2cc(-c3cc(-c4c[nH]c(=O)[nH]c4=O)cc(-c4cccs4)c3OC)ccc2c1. The number of methoxy groups -OCH3 is 1. The fourth-order valence-electron chi connectivity index (χ4n) is 4.03. The molecule has 33 heavy (non-hydrogen) atoms. The van der Waals surface area contributed by atoms with Gasteiger partial charge in [0.2, 0.25) is 0 Å². The molecule has 7 heteroatoms. The Balaban J connectivity index is 1.78. The normalized spacial score (nSPS) is 11.0. The highest BCUT2D eigenvalue weighted by Crippen LogP contribution is 2.44. The van der Waals surface area contributed by atoms with Gasteiger partial charge in [0.15, 0.2) is 0 Å². The van der Waals surface area contributed by atoms with E-state index in [2.05, 4.69) is 45.6 Å². The number of H-pyrrole nitrogens is 2. The van der Waals surface area contributed by atoms with E-state index in [1.165, 1.54) is 6.20 Å². The minimum Gasteiger partial charge on any atom is -0.495 e. The Morgan fingerprint density at radius 2 is 1.67 bits per heavy atom. The number of thiophene rings is 1. The van der Waals surface area contributed by atoms with Crippen molar-refractivity contribution in [1.29, 1.82) is 0 Å². The van der Waals surface area contributed by atoms with E-state index >= 15 is 0 Å². The molecule has 2 heterocycles. The first-order valence-corrected chi connectivity index (χ1v) is 11.3. The van der Waals surface area contributed by atoms with Crippen LogP contribution < -0.4 is 21.3 Å². The molecule has 0 unspecified atom stereocenters. The lowest BCUT2D eigenvalue weighted by molar-refractivity contribution is 0.418. The highest BCUT2D eigenvalue weighted by atomic mass is 32.1. The summed E-state index contributed by atoms with van der Waals surface area (Å²) in [7, 11) is 3.55. The molecule has 0 bridgehead atoms. The summed E-state index contributed by atoms with van der Waals surface area (Å²) in [6, 6.07) is 20.3. The van der Waals surface area contributed by atoms with Gasteiger partial charge in [0.1, 0.15) is 5.75 Å². The molecule has 0 saturated heterocycles. The van der Waals surface area contributed by atoms with Crippen LogP contribution in [-0.2, 0) is 0 Å². The van der Waals surface area contributed by atoms with Crippen LogP contribution in [0.15, 0.2) is 81.8 Å². The molecular weight excluding hydrogens is 434 g/mol. The summed E-state index contributed by atoms with van der Waals surface area (Å²) in [4.78, 5) is 30.0. The highest BCUT2D eigenvalue weighted by molar-refractivity contribution is 7.13. The lowest BCUT2D eigenvalue weighted by atomic mass is 9.93. The number of aromatic nitrogens is 2. The number of ether oxygens (including phenoxy) is 1. The van der Waals surface area contributed by atoms with Crippen molar-refractivity contribution in [2.24, 2.45) is 0 Å². The van der Waals surface area contributed by atoms with E-state index < -0.39 is 11.2 Å². The predicted octanol–water partition coefficient (Wildman–Crippen LogP) is 5.33. The first-order chi connectivity index (χ1) is 16.1. The van der Waals surface area contributed by atoms with Gasteiger partial charge in [-0.25, -0.2) is 4.79 Å². The van der Waals surface area contributed by atoms with Crippen molar-refractivity contribution in [2.75, 3.05) is 19.5 Å². The summed E-state index contributed by atoms with van der Waals surface area (Å²) in [5, 5.41) is 7.39. The monoisotopic (exact) mass is 455 g/mol. The molecule has 5 aromatic rings. The van der Waals surface area contributed by atoms with Gasteiger partial charge in [-0.05, 0) is 63.7 Å². The van der Waals surface area contributed by atoms with E-state index in [9.17, 15) is 9.59 Å². The molecule has 0 saturated carbocycles. The molecule has 3 aromatic carbocycles. The number of hydrogen-bond donors (Lipinski definition) is 3. The Labute approximate surface area is 193 Å². The second-order valence-electron chi connectivity index (χ2n) is 7.59. The molecule has 0 aliphatic carbocycles. The lowest BCUT2D eigenvalue weighted by Crippen LogP contribution is -2.22. The van der Waals surface area contributed by atoms with Gasteiger partial charge in [0.05, 0.1) is 12.7 Å². The zero-order chi connectivity index (χ0) is 22.9. The smallest absolute Gasteiger partial charge is 0.325 e. The van der Waals surface area contributed by atoms with Crippen molar-refractivity contribution in [3.63, 3.8) is 0 Å². The minimum atomic E-state index is -0.536. The quantitative estimate of drug-likeness (QED) is 0.334. The fourth-order valence-corrected chi connectivity index (χ4v) is 4.77. The van der Waals surface area contributed by atoms with Gasteiger partial charge in [0, 0.05) is 34.9 Å². The van der Waals surface area contributed by atoms with E-state index in [-0.39, 0.29) is 0 Å². The van der Waals surface area contributed by atoms with Gasteiger partial charge in [-0.2, -0.15) is 0 Å². The molecule has 5 rings (SSSR count). The molecule has 0 amide bonds. The largest absolute Gasteiger partial charge is 0.495 e. The Hall–Kier alpha value is -4.10. The second kappa shape index (κ2) is 8.44. The number of hydrogen-bond acceptors (Lipinski definition) is 5. The summed E-state index contributed by atoms with van der Waals surface area (Å²) in [5.41, 5.74) is 3.87. The summed E-state index contributed by atoms with van der Waals surface area (Å²) in [6.07, 6.45) is 1.45. The number of benzene rings is 3. The molecule has 0 aliphatic heterocycles. The van der Waals surface area contributed by atoms with Crippen molar-refractivity contribution < 1.29 is 4.74 Å². The Kier molecular flexibility index (Phi) is 5.32. The molecule has 3 N–H and O–H groups in total. The summed E-state index contributed by atoms with van der Waals surface area (Å²) in [5.74, 6) is 0.730. The van der Waals surface area contributed by atoms with Crippen molar-refractivity contribution in [3.05, 3.63) is 93.1 Å². The van der Waals surface area contributed by atoms with Crippen LogP contribution >= 0.6 is 11.3 Å². The van der Waals surface area contributed by atoms with Gasteiger partial charge in [-0.3, -0.25) is 9.78 Å². The minimum absolute atomic E-state index is 0.385. The molecule has 0 atom stereocenters. The Bertz CT molecular complexity index is 1580. The van der Waals surface area contributed by atoms with E-state index in [1.807, 2.05) is 42.8 Å². The zero-order valence-corrected chi connectivity index (χ0v) is 18.9. The van der Waals surface area contributed by atoms with E-state index in [0.29, 0.717) is 11.1 Å². The van der Waals surface area contributed by atoms with Gasteiger partial charge in [-0.15, -0.1) is 11.3 Å². The van der Waals surface area contributed by atoms with Crippen molar-refractivity contribution >= 4 is 27.8 Å². The number of rotatable bonds is 5. The van der Waals surface area contributed by atoms with E-state index in [1.54, 1.807) is 18.4 Å². The van der Waals surface area contributed by atoms with Crippen molar-refractivity contribution in [1.82, 2.24) is 9.97 Å². The third-order valence-electron chi connectivity index (χ3n) is 5.65. The average molecular weight is 456 g/mol. The summed E-state index contributed by atoms with van der Waals surface area (Å²) in [6.45, 7) is 0. The summed E-state index contributed by atoms with van der Waals surface area (Å²) < 4.78 is 5.90. The van der Waals surface area contributed by atoms with Crippen LogP contribution in [0.3, 0.4) is 0 Å². The van der Waals surface area contributed by atoms with Gasteiger partial charge in [0.25, 0.3) is 5.56 Å². The number of anilines is 1. The Morgan fingerprint density at radius 1 is 0.879 bits per heavy atom. The van der Waals surface area contributed by atoms with Crippen molar-refractivity contribution in [3.8, 4) is 38.4 Å². The molecule has 6 nitrogen and oxygen atoms in total. The molecular formula is C26H21N3O3S. The maximum absolute atomic E-state index is 12.6. The van der Waals surface area contributed by atoms with Crippen LogP contribution in [0.25, 0.3) is 43.5 Å². The van der Waals surface area contributed by atoms with Crippen LogP contribution in [0, 0.1) is 0 Å². The van der Waals surface area contributed by atoms with Crippen molar-refractivity contribution in [2.45, 2.75) is 0 Å². The van der Waals surface area contributed by atoms with Crippen LogP contribution in [0.2, 0.25) is 0 Å². The molecule has 2 aromatic heterocycles. The van der Waals surface area contributed by atoms with Crippen LogP contribution in [0.1, 0.15) is 0 Å². The highest BCUT2D eigenvalue weighted by Gasteiger charge is 2.18. The molecule has 0 spiro atoms. The fraction of sp³-hybridized carbons (Fsp3) is 0.0769. The molecule has 0 radical (unpaired) electrons. The van der Waals surface area contributed by atoms with Gasteiger partial charge >= 0.3 is 5.69 Å². The molecule has 0 fully saturated rings. The maximum Gasteiger partial charge on any atom is 0.325 e. The lowest BCUT2D eigenvalue weighted by Gasteiger charge is -2.16. The first-order valence-electron chi connectivity index (χ1n) is 10.4. The second-order valence-corrected chi connectivity index (χ2v) is 8.54. The number of fused-ring (bicyclic) bond motifs is 1. The first kappa shape index (κ1) is 20.8. The summed E-state index contributed by atoms with van der Waals surface area (Å²) >= 11 is 1.60. The molecule has 164 valence electrons. The van der Waals surface area contributed by atoms with Crippen LogP contribution in [0.5, 0.6) is 5.75 Å². The van der Waals surface area contributed by atoms with E-state index in [4.69, 9.17) is 4.74 Å². The number of aromatic amines is 2. The average Bonchev–Trinajstić information content (AvgIpc) is 3.37. The zero-order valence-electron chi connectivity index (χ0n) is 18.1. The Morgan fingerprint density at radius 3 is 2.39 bits per heavy atom. The van der Waals surface area contributed by atoms with E-state index in [0.717, 1.165) is 43.8 Å².